The van der Waals surface area contributed by atoms with Crippen LogP contribution >= 0.6 is 28.5 Å². The lowest BCUT2D eigenvalue weighted by molar-refractivity contribution is -0.160. The van der Waals surface area contributed by atoms with Crippen molar-refractivity contribution in [1.29, 1.82) is 10.5 Å². The Bertz CT molecular complexity index is 249. The van der Waals surface area contributed by atoms with E-state index in [1.54, 1.807) is 0 Å². The van der Waals surface area contributed by atoms with Crippen LogP contribution in [0.1, 0.15) is 12.8 Å². The quantitative estimate of drug-likeness (QED) is 0.571. The molecule has 0 radical (unpaired) electrons. The highest BCUT2D eigenvalue weighted by Gasteiger charge is 2.07. The maximum Gasteiger partial charge on any atom is 0.123 e. The molecule has 80 valence electrons. The lowest BCUT2D eigenvalue weighted by atomic mass is 10.6. The van der Waals surface area contributed by atoms with E-state index in [4.69, 9.17) is 10.5 Å². The fourth-order valence-corrected chi connectivity index (χ4v) is 5.46. The van der Waals surface area contributed by atoms with Gasteiger partial charge in [-0.15, -0.1) is 0 Å². The highest BCUT2D eigenvalue weighted by atomic mass is 33.1. The Morgan fingerprint density at radius 3 is 1.79 bits per heavy atom. The summed E-state index contributed by atoms with van der Waals surface area (Å²) in [5.74, 6) is -2.87. The van der Waals surface area contributed by atoms with Gasteiger partial charge < -0.3 is 15.6 Å². The molecule has 0 saturated carbocycles. The molecule has 8 heteroatoms. The minimum Gasteiger partial charge on any atom is -0.784 e. The molecule has 14 heavy (non-hydrogen) atoms. The van der Waals surface area contributed by atoms with Crippen LogP contribution in [0.3, 0.4) is 0 Å². The van der Waals surface area contributed by atoms with Gasteiger partial charge in [0.2, 0.25) is 0 Å². The van der Waals surface area contributed by atoms with Crippen molar-refractivity contribution in [3.8, 4) is 12.1 Å². The van der Waals surface area contributed by atoms with Crippen molar-refractivity contribution in [2.75, 3.05) is 11.5 Å². The minimum absolute atomic E-state index is 0. The predicted molar refractivity (Wildman–Crippen MR) is 59.0 cm³/mol. The number of nitrogens with zero attached hydrogens (tertiary/aromatic N) is 2. The molecule has 0 rings (SSSR count). The molecule has 5 nitrogen and oxygen atoms in total. The zero-order valence-electron chi connectivity index (χ0n) is 7.80. The third-order valence-corrected chi connectivity index (χ3v) is 7.22. The summed E-state index contributed by atoms with van der Waals surface area (Å²) >= 11 is 1.57. The van der Waals surface area contributed by atoms with Gasteiger partial charge in [-0.2, -0.15) is 10.5 Å². The lowest BCUT2D eigenvalue weighted by Crippen LogP contribution is -1.94. The summed E-state index contributed by atoms with van der Waals surface area (Å²) in [6.45, 7) is 0. The molecular weight excluding hydrogens is 241 g/mol. The third-order valence-electron chi connectivity index (χ3n) is 0.927. The molecule has 4 N–H and O–H groups in total. The Morgan fingerprint density at radius 1 is 1.14 bits per heavy atom. The van der Waals surface area contributed by atoms with Gasteiger partial charge in [-0.25, -0.2) is 0 Å². The van der Waals surface area contributed by atoms with Crippen molar-refractivity contribution >= 4 is 28.5 Å². The molecule has 0 aromatic rings. The van der Waals surface area contributed by atoms with Crippen molar-refractivity contribution in [1.82, 2.24) is 6.15 Å². The average Bonchev–Trinajstić information content (AvgIpc) is 2.05. The van der Waals surface area contributed by atoms with Crippen LogP contribution in [0.25, 0.3) is 0 Å². The summed E-state index contributed by atoms with van der Waals surface area (Å²) in [5.41, 5.74) is 0. The summed E-state index contributed by atoms with van der Waals surface area (Å²) in [4.78, 5) is 11.1. The van der Waals surface area contributed by atoms with E-state index in [2.05, 4.69) is 0 Å². The second kappa shape index (κ2) is 9.39. The van der Waals surface area contributed by atoms with E-state index >= 15 is 0 Å². The maximum absolute atomic E-state index is 11.1. The van der Waals surface area contributed by atoms with E-state index in [0.29, 0.717) is 11.5 Å². The highest BCUT2D eigenvalue weighted by Crippen LogP contribution is 2.61. The maximum atomic E-state index is 11.1. The number of hydrogen-bond donors (Lipinski definition) is 1. The van der Waals surface area contributed by atoms with Crippen LogP contribution in [-0.2, 0) is 4.57 Å². The number of nitriles is 2. The molecular formula is C6H12N3O2PS2. The first-order chi connectivity index (χ1) is 6.12. The van der Waals surface area contributed by atoms with Crippen LogP contribution in [0.15, 0.2) is 0 Å². The second-order valence-corrected chi connectivity index (χ2v) is 9.28. The van der Waals surface area contributed by atoms with Gasteiger partial charge in [-0.3, -0.25) is 0 Å². The second-order valence-electron chi connectivity index (χ2n) is 1.93. The Labute approximate surface area is 91.4 Å². The van der Waals surface area contributed by atoms with Crippen LogP contribution in [0.2, 0.25) is 0 Å². The van der Waals surface area contributed by atoms with Crippen LogP contribution in [-0.4, -0.2) is 11.5 Å². The Balaban J connectivity index is 0. The van der Waals surface area contributed by atoms with Gasteiger partial charge in [0.1, 0.15) is 5.77 Å². The first kappa shape index (κ1) is 16.3. The highest BCUT2D eigenvalue weighted by molar-refractivity contribution is 8.88. The van der Waals surface area contributed by atoms with Crippen molar-refractivity contribution < 1.29 is 9.46 Å². The summed E-state index contributed by atoms with van der Waals surface area (Å²) in [5, 5.41) is 16.3. The van der Waals surface area contributed by atoms with Crippen molar-refractivity contribution in [2.24, 2.45) is 0 Å². The van der Waals surface area contributed by atoms with Crippen LogP contribution < -0.4 is 11.0 Å². The lowest BCUT2D eigenvalue weighted by Gasteiger charge is -2.19. The van der Waals surface area contributed by atoms with E-state index in [1.165, 1.54) is 0 Å². The fourth-order valence-electron chi connectivity index (χ4n) is 0.443. The molecule has 0 spiro atoms. The monoisotopic (exact) mass is 253 g/mol. The summed E-state index contributed by atoms with van der Waals surface area (Å²) in [6.07, 6.45) is 0.464. The van der Waals surface area contributed by atoms with Gasteiger partial charge in [-0.05, 0) is 0 Å². The van der Waals surface area contributed by atoms with E-state index < -0.39 is 5.77 Å². The molecule has 0 amide bonds. The van der Waals surface area contributed by atoms with Gasteiger partial charge >= 0.3 is 0 Å². The summed E-state index contributed by atoms with van der Waals surface area (Å²) in [7, 11) is 0. The smallest absolute Gasteiger partial charge is 0.123 e. The molecule has 0 aliphatic carbocycles. The van der Waals surface area contributed by atoms with Crippen molar-refractivity contribution in [3.63, 3.8) is 0 Å². The first-order valence-corrected chi connectivity index (χ1v) is 8.27. The normalized spacial score (nSPS) is 9.64. The largest absolute Gasteiger partial charge is 0.784 e. The number of rotatable bonds is 6. The van der Waals surface area contributed by atoms with Gasteiger partial charge in [0.05, 0.1) is 12.1 Å². The molecule has 0 unspecified atom stereocenters. The number of quaternary nitrogens is 1. The van der Waals surface area contributed by atoms with E-state index in [0.717, 1.165) is 22.8 Å². The van der Waals surface area contributed by atoms with Gasteiger partial charge in [0.25, 0.3) is 0 Å². The van der Waals surface area contributed by atoms with E-state index in [9.17, 15) is 9.46 Å². The van der Waals surface area contributed by atoms with Crippen LogP contribution in [0.5, 0.6) is 0 Å². The van der Waals surface area contributed by atoms with Crippen LogP contribution in [0, 0.1) is 22.7 Å². The Kier molecular flexibility index (Phi) is 10.9. The zero-order chi connectivity index (χ0) is 10.2. The number of hydrogen-bond acceptors (Lipinski definition) is 6. The topological polar surface area (TPSA) is 124 Å². The van der Waals surface area contributed by atoms with Gasteiger partial charge in [0, 0.05) is 24.3 Å². The molecule has 0 aliphatic heterocycles. The van der Waals surface area contributed by atoms with E-state index in [1.807, 2.05) is 12.1 Å². The zero-order valence-corrected chi connectivity index (χ0v) is 10.3. The summed E-state index contributed by atoms with van der Waals surface area (Å²) in [6, 6.07) is 3.73. The molecule has 0 aromatic heterocycles. The average molecular weight is 253 g/mol. The third kappa shape index (κ3) is 9.91. The fraction of sp³-hybridized carbons (Fsp3) is 0.667. The first-order valence-electron chi connectivity index (χ1n) is 3.46. The van der Waals surface area contributed by atoms with Crippen molar-refractivity contribution in [2.45, 2.75) is 12.8 Å². The minimum atomic E-state index is -3.47. The summed E-state index contributed by atoms with van der Waals surface area (Å²) < 4.78 is 11.1. The van der Waals surface area contributed by atoms with Gasteiger partial charge in [-0.1, -0.05) is 22.8 Å². The molecule has 0 fully saturated rings. The Morgan fingerprint density at radius 2 is 1.50 bits per heavy atom. The molecule has 0 aliphatic rings. The molecule has 0 atom stereocenters. The molecule has 0 aromatic carbocycles. The van der Waals surface area contributed by atoms with E-state index in [-0.39, 0.29) is 19.0 Å². The predicted octanol–water partition coefficient (Wildman–Crippen LogP) is 2.12. The SMILES string of the molecule is N#CCCSP(=O)([O-])SCCC#N.[NH4+]. The van der Waals surface area contributed by atoms with Crippen molar-refractivity contribution in [3.05, 3.63) is 0 Å². The molecule has 0 heterocycles. The molecule has 0 bridgehead atoms. The standard InChI is InChI=1S/C6H9N2O2PS2.H3N/c7-3-1-5-12-11(9,10)13-6-2-4-8;/h1-2,5-6H2,(H,9,10);1H3. The Hall–Kier alpha value is -0.170. The van der Waals surface area contributed by atoms with Crippen LogP contribution in [0.4, 0.5) is 0 Å². The van der Waals surface area contributed by atoms with Gasteiger partial charge in [0.15, 0.2) is 0 Å². The molecule has 0 saturated heterocycles.